The molecule has 3 rings (SSSR count). The Bertz CT molecular complexity index is 460. The molecule has 2 aliphatic heterocycles. The summed E-state index contributed by atoms with van der Waals surface area (Å²) in [4.78, 5) is 2.46. The van der Waals surface area contributed by atoms with Crippen LogP contribution >= 0.6 is 0 Å². The highest BCUT2D eigenvalue weighted by Crippen LogP contribution is 2.30. The first kappa shape index (κ1) is 12.9. The average molecular weight is 260 g/mol. The van der Waals surface area contributed by atoms with Crippen molar-refractivity contribution in [3.8, 4) is 5.75 Å². The van der Waals surface area contributed by atoms with Crippen LogP contribution in [-0.4, -0.2) is 30.6 Å². The van der Waals surface area contributed by atoms with Crippen molar-refractivity contribution >= 4 is 0 Å². The minimum atomic E-state index is 0.188. The molecule has 1 aromatic rings. The molecule has 1 fully saturated rings. The van der Waals surface area contributed by atoms with Gasteiger partial charge >= 0.3 is 0 Å². The summed E-state index contributed by atoms with van der Waals surface area (Å²) in [5.41, 5.74) is 2.93. The lowest BCUT2D eigenvalue weighted by molar-refractivity contribution is 0.0417. The highest BCUT2D eigenvalue weighted by molar-refractivity contribution is 5.42. The van der Waals surface area contributed by atoms with E-state index in [1.54, 1.807) is 0 Å². The first-order valence-corrected chi connectivity index (χ1v) is 7.35. The molecule has 1 atom stereocenters. The molecule has 3 heteroatoms. The fourth-order valence-corrected chi connectivity index (χ4v) is 3.17. The summed E-state index contributed by atoms with van der Waals surface area (Å²) in [7, 11) is 2.22. The molecule has 3 nitrogen and oxygen atoms in total. The molecule has 0 saturated carbocycles. The summed E-state index contributed by atoms with van der Waals surface area (Å²) < 4.78 is 6.18. The number of likely N-dealkylation sites (tertiary alicyclic amines) is 1. The van der Waals surface area contributed by atoms with E-state index in [-0.39, 0.29) is 5.54 Å². The van der Waals surface area contributed by atoms with E-state index in [4.69, 9.17) is 4.74 Å². The van der Waals surface area contributed by atoms with Crippen molar-refractivity contribution in [2.45, 2.75) is 44.8 Å². The normalized spacial score (nSPS) is 27.3. The lowest BCUT2D eigenvalue weighted by Gasteiger charge is -2.42. The number of likely N-dealkylation sites (N-methyl/N-ethyl adjacent to an activating group) is 1. The standard InChI is InChI=1S/C16H24N2O/c1-16(8-3-4-9-18(16)2)12-19-15-7-5-6-13-10-17-11-14(13)15/h5-7,17H,3-4,8-12H2,1-2H3. The highest BCUT2D eigenvalue weighted by atomic mass is 16.5. The van der Waals surface area contributed by atoms with Crippen molar-refractivity contribution in [3.05, 3.63) is 29.3 Å². The van der Waals surface area contributed by atoms with Gasteiger partial charge in [0.05, 0.1) is 5.54 Å². The van der Waals surface area contributed by atoms with Gasteiger partial charge in [0.15, 0.2) is 0 Å². The number of piperidine rings is 1. The van der Waals surface area contributed by atoms with Gasteiger partial charge in [-0.2, -0.15) is 0 Å². The maximum atomic E-state index is 6.18. The van der Waals surface area contributed by atoms with Gasteiger partial charge in [-0.1, -0.05) is 18.6 Å². The van der Waals surface area contributed by atoms with Crippen molar-refractivity contribution in [2.75, 3.05) is 20.2 Å². The Hall–Kier alpha value is -1.06. The lowest BCUT2D eigenvalue weighted by Crippen LogP contribution is -2.51. The van der Waals surface area contributed by atoms with Crippen LogP contribution in [0, 0.1) is 0 Å². The van der Waals surface area contributed by atoms with E-state index in [9.17, 15) is 0 Å². The summed E-state index contributed by atoms with van der Waals surface area (Å²) in [5.74, 6) is 1.07. The molecule has 2 heterocycles. The van der Waals surface area contributed by atoms with Crippen LogP contribution in [0.2, 0.25) is 0 Å². The number of hydrogen-bond donors (Lipinski definition) is 1. The molecule has 19 heavy (non-hydrogen) atoms. The van der Waals surface area contributed by atoms with Crippen LogP contribution in [-0.2, 0) is 13.1 Å². The van der Waals surface area contributed by atoms with E-state index in [1.807, 2.05) is 0 Å². The zero-order valence-electron chi connectivity index (χ0n) is 12.0. The third kappa shape index (κ3) is 2.49. The number of benzene rings is 1. The van der Waals surface area contributed by atoms with Crippen LogP contribution in [0.5, 0.6) is 5.75 Å². The summed E-state index contributed by atoms with van der Waals surface area (Å²) in [6.07, 6.45) is 3.87. The van der Waals surface area contributed by atoms with Crippen molar-refractivity contribution in [1.29, 1.82) is 0 Å². The number of nitrogens with one attached hydrogen (secondary N) is 1. The summed E-state index contributed by atoms with van der Waals surface area (Å²) in [6, 6.07) is 6.41. The van der Waals surface area contributed by atoms with Crippen molar-refractivity contribution in [2.24, 2.45) is 0 Å². The van der Waals surface area contributed by atoms with Crippen LogP contribution in [0.25, 0.3) is 0 Å². The molecule has 0 aliphatic carbocycles. The van der Waals surface area contributed by atoms with E-state index in [0.29, 0.717) is 0 Å². The molecule has 1 aromatic carbocycles. The average Bonchev–Trinajstić information content (AvgIpc) is 2.89. The van der Waals surface area contributed by atoms with Gasteiger partial charge in [0, 0.05) is 18.7 Å². The van der Waals surface area contributed by atoms with Gasteiger partial charge in [-0.3, -0.25) is 4.90 Å². The summed E-state index contributed by atoms with van der Waals surface area (Å²) >= 11 is 0. The van der Waals surface area contributed by atoms with Crippen LogP contribution in [0.15, 0.2) is 18.2 Å². The zero-order chi connectivity index (χ0) is 13.3. The van der Waals surface area contributed by atoms with Crippen LogP contribution in [0.4, 0.5) is 0 Å². The molecule has 104 valence electrons. The molecule has 0 aromatic heterocycles. The second-order valence-corrected chi connectivity index (χ2v) is 6.16. The molecule has 0 spiro atoms. The largest absolute Gasteiger partial charge is 0.491 e. The van der Waals surface area contributed by atoms with E-state index in [1.165, 1.54) is 36.9 Å². The van der Waals surface area contributed by atoms with Gasteiger partial charge in [0.2, 0.25) is 0 Å². The number of fused-ring (bicyclic) bond motifs is 1. The van der Waals surface area contributed by atoms with Gasteiger partial charge < -0.3 is 10.1 Å². The van der Waals surface area contributed by atoms with Crippen molar-refractivity contribution in [3.63, 3.8) is 0 Å². The number of nitrogens with zero attached hydrogens (tertiary/aromatic N) is 1. The van der Waals surface area contributed by atoms with Gasteiger partial charge in [-0.15, -0.1) is 0 Å². The third-order valence-electron chi connectivity index (χ3n) is 4.77. The Kier molecular flexibility index (Phi) is 3.50. The second kappa shape index (κ2) is 5.14. The Morgan fingerprint density at radius 3 is 3.05 bits per heavy atom. The SMILES string of the molecule is CN1CCCCC1(C)COc1cccc2c1CNC2. The predicted octanol–water partition coefficient (Wildman–Crippen LogP) is 2.54. The third-order valence-corrected chi connectivity index (χ3v) is 4.77. The quantitative estimate of drug-likeness (QED) is 0.904. The minimum absolute atomic E-state index is 0.188. The first-order chi connectivity index (χ1) is 9.19. The molecule has 0 bridgehead atoms. The number of ether oxygens (including phenoxy) is 1. The van der Waals surface area contributed by atoms with E-state index >= 15 is 0 Å². The summed E-state index contributed by atoms with van der Waals surface area (Å²) in [6.45, 7) is 6.23. The monoisotopic (exact) mass is 260 g/mol. The Labute approximate surface area is 115 Å². The maximum absolute atomic E-state index is 6.18. The van der Waals surface area contributed by atoms with Gasteiger partial charge in [-0.25, -0.2) is 0 Å². The smallest absolute Gasteiger partial charge is 0.124 e. The molecular weight excluding hydrogens is 236 g/mol. The molecule has 1 N–H and O–H groups in total. The number of rotatable bonds is 3. The fourth-order valence-electron chi connectivity index (χ4n) is 3.17. The topological polar surface area (TPSA) is 24.5 Å². The second-order valence-electron chi connectivity index (χ2n) is 6.16. The Morgan fingerprint density at radius 1 is 1.32 bits per heavy atom. The van der Waals surface area contributed by atoms with Gasteiger partial charge in [0.1, 0.15) is 12.4 Å². The van der Waals surface area contributed by atoms with Gasteiger partial charge in [0.25, 0.3) is 0 Å². The molecule has 1 saturated heterocycles. The minimum Gasteiger partial charge on any atom is -0.491 e. The van der Waals surface area contributed by atoms with E-state index < -0.39 is 0 Å². The molecule has 1 unspecified atom stereocenters. The van der Waals surface area contributed by atoms with E-state index in [2.05, 4.69) is 42.4 Å². The Balaban J connectivity index is 1.71. The van der Waals surface area contributed by atoms with Crippen LogP contribution in [0.1, 0.15) is 37.3 Å². The highest BCUT2D eigenvalue weighted by Gasteiger charge is 2.32. The predicted molar refractivity (Wildman–Crippen MR) is 77.4 cm³/mol. The van der Waals surface area contributed by atoms with Crippen LogP contribution < -0.4 is 10.1 Å². The van der Waals surface area contributed by atoms with Crippen LogP contribution in [0.3, 0.4) is 0 Å². The maximum Gasteiger partial charge on any atom is 0.124 e. The zero-order valence-corrected chi connectivity index (χ0v) is 12.0. The number of hydrogen-bond acceptors (Lipinski definition) is 3. The molecular formula is C16H24N2O. The molecule has 0 amide bonds. The van der Waals surface area contributed by atoms with Crippen molar-refractivity contribution < 1.29 is 4.74 Å². The Morgan fingerprint density at radius 2 is 2.21 bits per heavy atom. The van der Waals surface area contributed by atoms with Crippen molar-refractivity contribution in [1.82, 2.24) is 10.2 Å². The summed E-state index contributed by atoms with van der Waals surface area (Å²) in [5, 5.41) is 3.39. The molecule has 2 aliphatic rings. The fraction of sp³-hybridized carbons (Fsp3) is 0.625. The molecule has 0 radical (unpaired) electrons. The van der Waals surface area contributed by atoms with E-state index in [0.717, 1.165) is 25.4 Å². The van der Waals surface area contributed by atoms with Gasteiger partial charge in [-0.05, 0) is 45.0 Å². The lowest BCUT2D eigenvalue weighted by atomic mass is 9.90. The first-order valence-electron chi connectivity index (χ1n) is 7.35.